The fraction of sp³-hybridized carbons (Fsp3) is 0.385. The van der Waals surface area contributed by atoms with Crippen LogP contribution in [0.15, 0.2) is 59.5 Å². The number of halogens is 2. The molecule has 2 heterocycles. The van der Waals surface area contributed by atoms with Gasteiger partial charge in [-0.3, -0.25) is 4.79 Å². The highest BCUT2D eigenvalue weighted by Crippen LogP contribution is 2.30. The largest absolute Gasteiger partial charge is 0.483 e. The Balaban J connectivity index is 1.40. The van der Waals surface area contributed by atoms with E-state index in [0.717, 1.165) is 54.1 Å². The number of piperazine rings is 1. The molecule has 8 nitrogen and oxygen atoms in total. The van der Waals surface area contributed by atoms with Crippen LogP contribution < -0.4 is 15.2 Å². The molecule has 0 unspecified atom stereocenters. The average molecular weight is 531 g/mol. The third-order valence-corrected chi connectivity index (χ3v) is 8.61. The zero-order chi connectivity index (χ0) is 26.0. The highest BCUT2D eigenvalue weighted by atomic mass is 32.2. The molecule has 0 bridgehead atoms. The van der Waals surface area contributed by atoms with Gasteiger partial charge < -0.3 is 9.64 Å². The van der Waals surface area contributed by atoms with E-state index < -0.39 is 27.2 Å². The lowest BCUT2D eigenvalue weighted by molar-refractivity contribution is 0.205. The van der Waals surface area contributed by atoms with Gasteiger partial charge in [0.25, 0.3) is 0 Å². The van der Waals surface area contributed by atoms with Crippen LogP contribution in [0, 0.1) is 11.6 Å². The predicted molar refractivity (Wildman–Crippen MR) is 135 cm³/mol. The van der Waals surface area contributed by atoms with Crippen molar-refractivity contribution in [2.75, 3.05) is 31.1 Å². The summed E-state index contributed by atoms with van der Waals surface area (Å²) in [5.74, 6) is -1.66. The molecule has 2 aromatic carbocycles. The molecule has 0 N–H and O–H groups in total. The topological polar surface area (TPSA) is 84.7 Å². The maximum atomic E-state index is 13.8. The summed E-state index contributed by atoms with van der Waals surface area (Å²) < 4.78 is 62.1. The maximum Gasteiger partial charge on any atom is 0.316 e. The van der Waals surface area contributed by atoms with Gasteiger partial charge in [-0.25, -0.2) is 17.2 Å². The first-order valence-electron chi connectivity index (χ1n) is 12.3. The molecule has 1 aliphatic carbocycles. The molecule has 1 aromatic heterocycles. The van der Waals surface area contributed by atoms with E-state index >= 15 is 0 Å². The lowest BCUT2D eigenvalue weighted by atomic mass is 10.2. The molecule has 1 aliphatic heterocycles. The van der Waals surface area contributed by atoms with Gasteiger partial charge in [-0.05, 0) is 43.4 Å². The van der Waals surface area contributed by atoms with E-state index in [2.05, 4.69) is 5.10 Å². The fourth-order valence-electron chi connectivity index (χ4n) is 4.87. The Bertz CT molecular complexity index is 1400. The van der Waals surface area contributed by atoms with E-state index in [0.29, 0.717) is 18.8 Å². The SMILES string of the molecule is O=c1c(OC2CCCC2)c(N2CCN(S(=O)(=O)Cc3ccccc3)CC2)cnn1-c1cc(F)cc(F)c1. The predicted octanol–water partition coefficient (Wildman–Crippen LogP) is 3.48. The molecule has 5 rings (SSSR count). The van der Waals surface area contributed by atoms with Gasteiger partial charge in [0.2, 0.25) is 15.8 Å². The van der Waals surface area contributed by atoms with Crippen LogP contribution in [0.4, 0.5) is 14.5 Å². The van der Waals surface area contributed by atoms with E-state index in [1.54, 1.807) is 12.1 Å². The summed E-state index contributed by atoms with van der Waals surface area (Å²) in [6.45, 7) is 1.18. The highest BCUT2D eigenvalue weighted by molar-refractivity contribution is 7.88. The first kappa shape index (κ1) is 25.3. The number of sulfonamides is 1. The van der Waals surface area contributed by atoms with Crippen molar-refractivity contribution < 1.29 is 21.9 Å². The molecule has 37 heavy (non-hydrogen) atoms. The lowest BCUT2D eigenvalue weighted by Gasteiger charge is -2.36. The van der Waals surface area contributed by atoms with Gasteiger partial charge in [-0.1, -0.05) is 30.3 Å². The zero-order valence-corrected chi connectivity index (χ0v) is 21.0. The quantitative estimate of drug-likeness (QED) is 0.465. The molecular formula is C26H28F2N4O4S. The van der Waals surface area contributed by atoms with E-state index in [9.17, 15) is 22.0 Å². The van der Waals surface area contributed by atoms with Crippen molar-refractivity contribution in [3.8, 4) is 11.4 Å². The van der Waals surface area contributed by atoms with Gasteiger partial charge in [-0.2, -0.15) is 14.1 Å². The van der Waals surface area contributed by atoms with Crippen molar-refractivity contribution in [2.45, 2.75) is 37.5 Å². The van der Waals surface area contributed by atoms with E-state index in [4.69, 9.17) is 4.74 Å². The van der Waals surface area contributed by atoms with Crippen molar-refractivity contribution in [3.63, 3.8) is 0 Å². The summed E-state index contributed by atoms with van der Waals surface area (Å²) >= 11 is 0. The van der Waals surface area contributed by atoms with Crippen molar-refractivity contribution >= 4 is 15.7 Å². The minimum absolute atomic E-state index is 0.0397. The second kappa shape index (κ2) is 10.6. The van der Waals surface area contributed by atoms with Crippen LogP contribution in [0.25, 0.3) is 5.69 Å². The summed E-state index contributed by atoms with van der Waals surface area (Å²) in [7, 11) is -3.51. The number of anilines is 1. The zero-order valence-electron chi connectivity index (χ0n) is 20.2. The molecule has 0 spiro atoms. The Morgan fingerprint density at radius 2 is 1.59 bits per heavy atom. The second-order valence-electron chi connectivity index (χ2n) is 9.36. The Labute approximate surface area is 214 Å². The van der Waals surface area contributed by atoms with Gasteiger partial charge in [0.1, 0.15) is 17.3 Å². The van der Waals surface area contributed by atoms with Gasteiger partial charge in [0.05, 0.1) is 23.7 Å². The summed E-state index contributed by atoms with van der Waals surface area (Å²) in [6, 6.07) is 11.8. The van der Waals surface area contributed by atoms with Gasteiger partial charge in [0, 0.05) is 32.2 Å². The number of ether oxygens (including phenoxy) is 1. The minimum Gasteiger partial charge on any atom is -0.483 e. The Hall–Kier alpha value is -3.31. The van der Waals surface area contributed by atoms with Crippen molar-refractivity contribution in [3.05, 3.63) is 82.3 Å². The fourth-order valence-corrected chi connectivity index (χ4v) is 6.38. The summed E-state index contributed by atoms with van der Waals surface area (Å²) in [5, 5.41) is 4.18. The number of aromatic nitrogens is 2. The van der Waals surface area contributed by atoms with Crippen LogP contribution in [0.1, 0.15) is 31.2 Å². The monoisotopic (exact) mass is 530 g/mol. The van der Waals surface area contributed by atoms with E-state index in [1.807, 2.05) is 23.1 Å². The van der Waals surface area contributed by atoms with Crippen LogP contribution in [0.3, 0.4) is 0 Å². The molecule has 0 radical (unpaired) electrons. The van der Waals surface area contributed by atoms with Crippen LogP contribution in [-0.2, 0) is 15.8 Å². The van der Waals surface area contributed by atoms with Crippen molar-refractivity contribution in [2.24, 2.45) is 0 Å². The Kier molecular flexibility index (Phi) is 7.25. The molecule has 11 heteroatoms. The van der Waals surface area contributed by atoms with Crippen molar-refractivity contribution in [1.82, 2.24) is 14.1 Å². The smallest absolute Gasteiger partial charge is 0.316 e. The first-order valence-corrected chi connectivity index (χ1v) is 13.9. The molecule has 1 saturated carbocycles. The number of rotatable bonds is 7. The Morgan fingerprint density at radius 3 is 2.24 bits per heavy atom. The summed E-state index contributed by atoms with van der Waals surface area (Å²) in [5.41, 5.74) is 0.514. The molecule has 0 atom stereocenters. The van der Waals surface area contributed by atoms with Crippen LogP contribution >= 0.6 is 0 Å². The molecule has 2 fully saturated rings. The molecule has 3 aromatic rings. The lowest BCUT2D eigenvalue weighted by Crippen LogP contribution is -2.49. The van der Waals surface area contributed by atoms with Crippen LogP contribution in [-0.4, -0.2) is 54.8 Å². The second-order valence-corrected chi connectivity index (χ2v) is 11.3. The van der Waals surface area contributed by atoms with Gasteiger partial charge in [0.15, 0.2) is 0 Å². The number of nitrogens with zero attached hydrogens (tertiary/aromatic N) is 4. The Morgan fingerprint density at radius 1 is 0.946 bits per heavy atom. The highest BCUT2D eigenvalue weighted by Gasteiger charge is 2.30. The number of benzene rings is 2. The number of hydrogen-bond acceptors (Lipinski definition) is 6. The minimum atomic E-state index is -3.51. The molecule has 1 saturated heterocycles. The average Bonchev–Trinajstić information content (AvgIpc) is 3.38. The molecule has 0 amide bonds. The third kappa shape index (κ3) is 5.67. The third-order valence-electron chi connectivity index (χ3n) is 6.76. The number of hydrogen-bond donors (Lipinski definition) is 0. The first-order chi connectivity index (χ1) is 17.8. The molecule has 2 aliphatic rings. The van der Waals surface area contributed by atoms with Crippen LogP contribution in [0.2, 0.25) is 0 Å². The summed E-state index contributed by atoms with van der Waals surface area (Å²) in [6.07, 6.45) is 4.91. The van der Waals surface area contributed by atoms with Crippen LogP contribution in [0.5, 0.6) is 5.75 Å². The summed E-state index contributed by atoms with van der Waals surface area (Å²) in [4.78, 5) is 15.3. The molecule has 196 valence electrons. The van der Waals surface area contributed by atoms with E-state index in [-0.39, 0.29) is 36.4 Å². The van der Waals surface area contributed by atoms with Crippen molar-refractivity contribution in [1.29, 1.82) is 0 Å². The van der Waals surface area contributed by atoms with Gasteiger partial charge >= 0.3 is 5.56 Å². The standard InChI is InChI=1S/C26H28F2N4O4S/c27-20-14-21(28)16-22(15-20)32-26(33)25(36-23-8-4-5-9-23)24(17-29-32)30-10-12-31(13-11-30)37(34,35)18-19-6-2-1-3-7-19/h1-3,6-7,14-17,23H,4-5,8-13,18H2. The van der Waals surface area contributed by atoms with Gasteiger partial charge in [-0.15, -0.1) is 0 Å². The molecular weight excluding hydrogens is 502 g/mol. The normalized spacial score (nSPS) is 17.3. The van der Waals surface area contributed by atoms with E-state index in [1.165, 1.54) is 10.5 Å². The maximum absolute atomic E-state index is 13.8.